The summed E-state index contributed by atoms with van der Waals surface area (Å²) in [4.78, 5) is 0. The summed E-state index contributed by atoms with van der Waals surface area (Å²) < 4.78 is 6.09. The largest absolute Gasteiger partial charge is 0.472 e. The summed E-state index contributed by atoms with van der Waals surface area (Å²) in [5.41, 5.74) is 2.22. The van der Waals surface area contributed by atoms with E-state index in [1.807, 2.05) is 31.3 Å². The molecular weight excluding hydrogens is 289 g/mol. The molecule has 84 valence electrons. The van der Waals surface area contributed by atoms with E-state index in [0.717, 1.165) is 20.6 Å². The van der Waals surface area contributed by atoms with Gasteiger partial charge in [-0.2, -0.15) is 0 Å². The van der Waals surface area contributed by atoms with Crippen LogP contribution in [0.15, 0.2) is 45.7 Å². The van der Waals surface area contributed by atoms with Gasteiger partial charge in [-0.05, 0) is 30.8 Å². The van der Waals surface area contributed by atoms with E-state index in [4.69, 9.17) is 16.0 Å². The van der Waals surface area contributed by atoms with E-state index in [-0.39, 0.29) is 6.04 Å². The minimum atomic E-state index is 0.102. The van der Waals surface area contributed by atoms with Gasteiger partial charge in [0, 0.05) is 15.1 Å². The fraction of sp³-hybridized carbons (Fsp3) is 0.167. The topological polar surface area (TPSA) is 25.2 Å². The van der Waals surface area contributed by atoms with Crippen LogP contribution in [0.25, 0.3) is 0 Å². The highest BCUT2D eigenvalue weighted by Gasteiger charge is 2.15. The molecule has 0 aliphatic rings. The van der Waals surface area contributed by atoms with Crippen LogP contribution in [0.4, 0.5) is 0 Å². The summed E-state index contributed by atoms with van der Waals surface area (Å²) in [6, 6.07) is 7.82. The van der Waals surface area contributed by atoms with Crippen molar-refractivity contribution in [2.75, 3.05) is 7.05 Å². The van der Waals surface area contributed by atoms with Gasteiger partial charge in [-0.1, -0.05) is 33.6 Å². The van der Waals surface area contributed by atoms with Crippen molar-refractivity contribution in [2.45, 2.75) is 6.04 Å². The molecule has 0 radical (unpaired) electrons. The van der Waals surface area contributed by atoms with Gasteiger partial charge in [-0.3, -0.25) is 0 Å². The quantitative estimate of drug-likeness (QED) is 0.926. The standard InChI is InChI=1S/C12H11BrClNO/c1-15-12(8-4-5-16-7-8)10-3-2-9(14)6-11(10)13/h2-7,12,15H,1H3. The van der Waals surface area contributed by atoms with E-state index < -0.39 is 0 Å². The number of rotatable bonds is 3. The van der Waals surface area contributed by atoms with Crippen molar-refractivity contribution in [1.29, 1.82) is 0 Å². The molecule has 0 aliphatic heterocycles. The predicted molar refractivity (Wildman–Crippen MR) is 68.8 cm³/mol. The highest BCUT2D eigenvalue weighted by atomic mass is 79.9. The molecular formula is C12H11BrClNO. The van der Waals surface area contributed by atoms with Gasteiger partial charge in [0.25, 0.3) is 0 Å². The first-order valence-corrected chi connectivity index (χ1v) is 6.04. The predicted octanol–water partition coefficient (Wildman–Crippen LogP) is 4.00. The Morgan fingerprint density at radius 3 is 2.75 bits per heavy atom. The Balaban J connectivity index is 2.41. The third kappa shape index (κ3) is 2.32. The Morgan fingerprint density at radius 2 is 2.19 bits per heavy atom. The number of benzene rings is 1. The second-order valence-corrected chi connectivity index (χ2v) is 4.73. The fourth-order valence-electron chi connectivity index (χ4n) is 1.68. The first-order valence-electron chi connectivity index (χ1n) is 4.86. The van der Waals surface area contributed by atoms with E-state index in [1.165, 1.54) is 0 Å². The van der Waals surface area contributed by atoms with Gasteiger partial charge in [0.15, 0.2) is 0 Å². The molecule has 1 atom stereocenters. The van der Waals surface area contributed by atoms with Crippen LogP contribution in [0.5, 0.6) is 0 Å². The molecule has 16 heavy (non-hydrogen) atoms. The molecule has 1 aromatic heterocycles. The monoisotopic (exact) mass is 299 g/mol. The van der Waals surface area contributed by atoms with Crippen molar-refractivity contribution in [3.8, 4) is 0 Å². The molecule has 0 aliphatic carbocycles. The van der Waals surface area contributed by atoms with E-state index in [1.54, 1.807) is 12.5 Å². The average molecular weight is 301 g/mol. The van der Waals surface area contributed by atoms with Crippen LogP contribution >= 0.6 is 27.5 Å². The number of nitrogens with one attached hydrogen (secondary N) is 1. The van der Waals surface area contributed by atoms with Crippen LogP contribution in [0.1, 0.15) is 17.2 Å². The van der Waals surface area contributed by atoms with Gasteiger partial charge in [0.1, 0.15) is 0 Å². The summed E-state index contributed by atoms with van der Waals surface area (Å²) in [5.74, 6) is 0. The summed E-state index contributed by atoms with van der Waals surface area (Å²) >= 11 is 9.44. The van der Waals surface area contributed by atoms with Crippen molar-refractivity contribution in [3.63, 3.8) is 0 Å². The lowest BCUT2D eigenvalue weighted by molar-refractivity contribution is 0.557. The zero-order chi connectivity index (χ0) is 11.5. The van der Waals surface area contributed by atoms with Crippen molar-refractivity contribution < 1.29 is 4.42 Å². The van der Waals surface area contributed by atoms with Crippen molar-refractivity contribution in [3.05, 3.63) is 57.4 Å². The third-order valence-electron chi connectivity index (χ3n) is 2.44. The molecule has 0 fully saturated rings. The maximum absolute atomic E-state index is 5.92. The molecule has 1 aromatic carbocycles. The Hall–Kier alpha value is -0.770. The van der Waals surface area contributed by atoms with Crippen molar-refractivity contribution in [2.24, 2.45) is 0 Å². The Bertz CT molecular complexity index is 470. The molecule has 2 nitrogen and oxygen atoms in total. The molecule has 1 heterocycles. The van der Waals surface area contributed by atoms with Crippen LogP contribution in [-0.4, -0.2) is 7.05 Å². The molecule has 0 bridgehead atoms. The molecule has 0 saturated heterocycles. The maximum atomic E-state index is 5.92. The molecule has 0 saturated carbocycles. The van der Waals surface area contributed by atoms with Gasteiger partial charge in [0.05, 0.1) is 18.6 Å². The Kier molecular flexibility index (Phi) is 3.69. The molecule has 2 rings (SSSR count). The molecule has 2 aromatic rings. The summed E-state index contributed by atoms with van der Waals surface area (Å²) in [6.45, 7) is 0. The highest BCUT2D eigenvalue weighted by molar-refractivity contribution is 9.10. The lowest BCUT2D eigenvalue weighted by Crippen LogP contribution is -2.17. The minimum absolute atomic E-state index is 0.102. The van der Waals surface area contributed by atoms with Crippen LogP contribution in [-0.2, 0) is 0 Å². The average Bonchev–Trinajstić information content (AvgIpc) is 2.75. The summed E-state index contributed by atoms with van der Waals surface area (Å²) in [5, 5.41) is 3.97. The fourth-order valence-corrected chi connectivity index (χ4v) is 2.59. The number of furan rings is 1. The number of hydrogen-bond donors (Lipinski definition) is 1. The summed E-state index contributed by atoms with van der Waals surface area (Å²) in [7, 11) is 1.92. The molecule has 1 unspecified atom stereocenters. The zero-order valence-corrected chi connectivity index (χ0v) is 11.0. The highest BCUT2D eigenvalue weighted by Crippen LogP contribution is 2.30. The van der Waals surface area contributed by atoms with Gasteiger partial charge in [0.2, 0.25) is 0 Å². The molecule has 0 amide bonds. The van der Waals surface area contributed by atoms with Crippen LogP contribution in [0, 0.1) is 0 Å². The van der Waals surface area contributed by atoms with Gasteiger partial charge in [-0.25, -0.2) is 0 Å². The van der Waals surface area contributed by atoms with Gasteiger partial charge >= 0.3 is 0 Å². The molecule has 0 spiro atoms. The smallest absolute Gasteiger partial charge is 0.0953 e. The van der Waals surface area contributed by atoms with Crippen molar-refractivity contribution >= 4 is 27.5 Å². The van der Waals surface area contributed by atoms with Gasteiger partial charge in [-0.15, -0.1) is 0 Å². The molecule has 1 N–H and O–H groups in total. The first-order chi connectivity index (χ1) is 7.72. The van der Waals surface area contributed by atoms with E-state index in [2.05, 4.69) is 21.2 Å². The zero-order valence-electron chi connectivity index (χ0n) is 8.71. The first kappa shape index (κ1) is 11.7. The lowest BCUT2D eigenvalue weighted by Gasteiger charge is -2.16. The number of hydrogen-bond acceptors (Lipinski definition) is 2. The minimum Gasteiger partial charge on any atom is -0.472 e. The third-order valence-corrected chi connectivity index (χ3v) is 3.36. The maximum Gasteiger partial charge on any atom is 0.0953 e. The molecule has 4 heteroatoms. The second-order valence-electron chi connectivity index (χ2n) is 3.44. The van der Waals surface area contributed by atoms with Crippen molar-refractivity contribution in [1.82, 2.24) is 5.32 Å². The van der Waals surface area contributed by atoms with E-state index in [9.17, 15) is 0 Å². The Labute approximate surface area is 108 Å². The van der Waals surface area contributed by atoms with Crippen LogP contribution < -0.4 is 5.32 Å². The van der Waals surface area contributed by atoms with E-state index >= 15 is 0 Å². The van der Waals surface area contributed by atoms with Crippen LogP contribution in [0.2, 0.25) is 5.02 Å². The lowest BCUT2D eigenvalue weighted by atomic mass is 10.0. The SMILES string of the molecule is CNC(c1ccoc1)c1ccc(Cl)cc1Br. The normalized spacial score (nSPS) is 12.7. The Morgan fingerprint density at radius 1 is 1.38 bits per heavy atom. The van der Waals surface area contributed by atoms with Gasteiger partial charge < -0.3 is 9.73 Å². The van der Waals surface area contributed by atoms with Crippen LogP contribution in [0.3, 0.4) is 0 Å². The summed E-state index contributed by atoms with van der Waals surface area (Å²) in [6.07, 6.45) is 3.41. The number of halogens is 2. The van der Waals surface area contributed by atoms with E-state index in [0.29, 0.717) is 0 Å². The second kappa shape index (κ2) is 5.04.